The Morgan fingerprint density at radius 3 is 2.72 bits per heavy atom. The van der Waals surface area contributed by atoms with E-state index in [1.165, 1.54) is 17.9 Å². The lowest BCUT2D eigenvalue weighted by molar-refractivity contribution is -0.385. The van der Waals surface area contributed by atoms with Gasteiger partial charge in [0.05, 0.1) is 23.6 Å². The Labute approximate surface area is 144 Å². The molecule has 0 fully saturated rings. The Morgan fingerprint density at radius 1 is 1.24 bits per heavy atom. The van der Waals surface area contributed by atoms with E-state index in [4.69, 9.17) is 4.74 Å². The van der Waals surface area contributed by atoms with Crippen LogP contribution in [0.25, 0.3) is 0 Å². The number of ether oxygens (including phenoxy) is 1. The predicted octanol–water partition coefficient (Wildman–Crippen LogP) is 2.77. The van der Waals surface area contributed by atoms with E-state index in [1.807, 2.05) is 0 Å². The number of rotatable bonds is 4. The molecule has 25 heavy (non-hydrogen) atoms. The molecule has 1 aliphatic heterocycles. The van der Waals surface area contributed by atoms with E-state index in [1.54, 1.807) is 36.4 Å². The standard InChI is InChI=1S/C18H16N2O5/c1-12(21)13-6-7-17-16(10-13)19(8-9-25-17)18(22)11-14-4-2-3-5-15(14)20(23)24/h2-7,10H,8-9,11H2,1H3. The van der Waals surface area contributed by atoms with Gasteiger partial charge in [0, 0.05) is 17.2 Å². The maximum atomic E-state index is 12.7. The van der Waals surface area contributed by atoms with Crippen LogP contribution in [0.2, 0.25) is 0 Å². The molecule has 0 atom stereocenters. The molecule has 0 N–H and O–H groups in total. The van der Waals surface area contributed by atoms with Gasteiger partial charge in [-0.25, -0.2) is 0 Å². The summed E-state index contributed by atoms with van der Waals surface area (Å²) in [7, 11) is 0. The largest absolute Gasteiger partial charge is 0.490 e. The van der Waals surface area contributed by atoms with Crippen molar-refractivity contribution in [2.75, 3.05) is 18.1 Å². The summed E-state index contributed by atoms with van der Waals surface area (Å²) < 4.78 is 5.54. The predicted molar refractivity (Wildman–Crippen MR) is 91.1 cm³/mol. The van der Waals surface area contributed by atoms with Crippen molar-refractivity contribution in [1.82, 2.24) is 0 Å². The van der Waals surface area contributed by atoms with Gasteiger partial charge < -0.3 is 9.64 Å². The number of nitro benzene ring substituents is 1. The van der Waals surface area contributed by atoms with Gasteiger partial charge in [0.2, 0.25) is 5.91 Å². The van der Waals surface area contributed by atoms with Gasteiger partial charge >= 0.3 is 0 Å². The Balaban J connectivity index is 1.91. The molecule has 0 radical (unpaired) electrons. The number of fused-ring (bicyclic) bond motifs is 1. The van der Waals surface area contributed by atoms with Crippen molar-refractivity contribution in [1.29, 1.82) is 0 Å². The van der Waals surface area contributed by atoms with Crippen LogP contribution in [0.5, 0.6) is 5.75 Å². The second-order valence-electron chi connectivity index (χ2n) is 5.70. The van der Waals surface area contributed by atoms with Crippen LogP contribution in [0.4, 0.5) is 11.4 Å². The van der Waals surface area contributed by atoms with Gasteiger partial charge in [-0.15, -0.1) is 0 Å². The highest BCUT2D eigenvalue weighted by Gasteiger charge is 2.26. The zero-order chi connectivity index (χ0) is 18.0. The van der Waals surface area contributed by atoms with Crippen LogP contribution in [0.1, 0.15) is 22.8 Å². The van der Waals surface area contributed by atoms with Gasteiger partial charge in [0.25, 0.3) is 5.69 Å². The first-order valence-corrected chi connectivity index (χ1v) is 7.78. The number of hydrogen-bond acceptors (Lipinski definition) is 5. The average Bonchev–Trinajstić information content (AvgIpc) is 2.60. The first kappa shape index (κ1) is 16.6. The number of amides is 1. The number of anilines is 1. The molecule has 7 nitrogen and oxygen atoms in total. The van der Waals surface area contributed by atoms with Crippen LogP contribution in [-0.2, 0) is 11.2 Å². The molecule has 0 bridgehead atoms. The van der Waals surface area contributed by atoms with Crippen molar-refractivity contribution >= 4 is 23.1 Å². The topological polar surface area (TPSA) is 89.8 Å². The molecule has 0 aromatic heterocycles. The third kappa shape index (κ3) is 3.35. The van der Waals surface area contributed by atoms with E-state index >= 15 is 0 Å². The lowest BCUT2D eigenvalue weighted by Crippen LogP contribution is -2.39. The fourth-order valence-corrected chi connectivity index (χ4v) is 2.79. The number of para-hydroxylation sites is 1. The van der Waals surface area contributed by atoms with E-state index < -0.39 is 4.92 Å². The quantitative estimate of drug-likeness (QED) is 0.485. The van der Waals surface area contributed by atoms with Gasteiger partial charge in [-0.2, -0.15) is 0 Å². The third-order valence-corrected chi connectivity index (χ3v) is 4.06. The number of ketones is 1. The van der Waals surface area contributed by atoms with E-state index in [0.29, 0.717) is 35.7 Å². The molecule has 1 aliphatic rings. The van der Waals surface area contributed by atoms with Gasteiger partial charge in [0.1, 0.15) is 12.4 Å². The molecule has 1 amide bonds. The van der Waals surface area contributed by atoms with Gasteiger partial charge in [-0.3, -0.25) is 19.7 Å². The highest BCUT2D eigenvalue weighted by molar-refractivity contribution is 6.00. The first-order chi connectivity index (χ1) is 12.0. The molecule has 0 saturated carbocycles. The smallest absolute Gasteiger partial charge is 0.273 e. The summed E-state index contributed by atoms with van der Waals surface area (Å²) >= 11 is 0. The van der Waals surface area contributed by atoms with E-state index in [2.05, 4.69) is 0 Å². The lowest BCUT2D eigenvalue weighted by atomic mass is 10.1. The number of nitro groups is 1. The summed E-state index contributed by atoms with van der Waals surface area (Å²) in [5.74, 6) is 0.131. The van der Waals surface area contributed by atoms with Crippen molar-refractivity contribution in [3.8, 4) is 5.75 Å². The van der Waals surface area contributed by atoms with Crippen LogP contribution in [-0.4, -0.2) is 29.8 Å². The second-order valence-corrected chi connectivity index (χ2v) is 5.70. The Bertz CT molecular complexity index is 862. The van der Waals surface area contributed by atoms with Crippen LogP contribution in [0.15, 0.2) is 42.5 Å². The van der Waals surface area contributed by atoms with E-state index in [0.717, 1.165) is 0 Å². The number of benzene rings is 2. The average molecular weight is 340 g/mol. The summed E-state index contributed by atoms with van der Waals surface area (Å²) in [4.78, 5) is 36.5. The summed E-state index contributed by atoms with van der Waals surface area (Å²) in [6, 6.07) is 11.1. The Morgan fingerprint density at radius 2 is 2.00 bits per heavy atom. The number of hydrogen-bond donors (Lipinski definition) is 0. The van der Waals surface area contributed by atoms with Crippen LogP contribution in [0.3, 0.4) is 0 Å². The molecule has 3 rings (SSSR count). The first-order valence-electron chi connectivity index (χ1n) is 7.78. The van der Waals surface area contributed by atoms with Crippen LogP contribution in [0, 0.1) is 10.1 Å². The minimum atomic E-state index is -0.496. The van der Waals surface area contributed by atoms with Gasteiger partial charge in [-0.05, 0) is 25.1 Å². The van der Waals surface area contributed by atoms with Crippen molar-refractivity contribution in [2.24, 2.45) is 0 Å². The zero-order valence-electron chi connectivity index (χ0n) is 13.6. The molecule has 0 aliphatic carbocycles. The monoisotopic (exact) mass is 340 g/mol. The third-order valence-electron chi connectivity index (χ3n) is 4.06. The molecule has 0 spiro atoms. The molecular weight excluding hydrogens is 324 g/mol. The van der Waals surface area contributed by atoms with E-state index in [9.17, 15) is 19.7 Å². The molecule has 7 heteroatoms. The summed E-state index contributed by atoms with van der Waals surface area (Å²) in [6.07, 6.45) is -0.0963. The number of nitrogens with zero attached hydrogens (tertiary/aromatic N) is 2. The van der Waals surface area contributed by atoms with Crippen LogP contribution < -0.4 is 9.64 Å². The maximum absolute atomic E-state index is 12.7. The fourth-order valence-electron chi connectivity index (χ4n) is 2.79. The Kier molecular flexibility index (Phi) is 4.47. The molecule has 128 valence electrons. The minimum Gasteiger partial charge on any atom is -0.490 e. The highest BCUT2D eigenvalue weighted by Crippen LogP contribution is 2.33. The molecule has 0 saturated heterocycles. The van der Waals surface area contributed by atoms with Crippen molar-refractivity contribution in [3.05, 3.63) is 63.7 Å². The minimum absolute atomic E-state index is 0.0816. The lowest BCUT2D eigenvalue weighted by Gasteiger charge is -2.30. The Hall–Kier alpha value is -3.22. The fraction of sp³-hybridized carbons (Fsp3) is 0.222. The van der Waals surface area contributed by atoms with Gasteiger partial charge in [-0.1, -0.05) is 18.2 Å². The second kappa shape index (κ2) is 6.72. The molecule has 1 heterocycles. The zero-order valence-corrected chi connectivity index (χ0v) is 13.6. The summed E-state index contributed by atoms with van der Waals surface area (Å²) in [5, 5.41) is 11.1. The van der Waals surface area contributed by atoms with Crippen molar-refractivity contribution in [2.45, 2.75) is 13.3 Å². The van der Waals surface area contributed by atoms with E-state index in [-0.39, 0.29) is 23.8 Å². The maximum Gasteiger partial charge on any atom is 0.273 e. The number of Topliss-reactive ketones (excluding diaryl/α,β-unsaturated/α-hetero) is 1. The molecule has 0 unspecified atom stereocenters. The summed E-state index contributed by atoms with van der Waals surface area (Å²) in [6.45, 7) is 2.10. The molecule has 2 aromatic carbocycles. The van der Waals surface area contributed by atoms with Crippen LogP contribution >= 0.6 is 0 Å². The normalized spacial score (nSPS) is 12.9. The highest BCUT2D eigenvalue weighted by atomic mass is 16.6. The summed E-state index contributed by atoms with van der Waals surface area (Å²) in [5.41, 5.74) is 1.27. The molecule has 2 aromatic rings. The number of carbonyl (C=O) groups excluding carboxylic acids is 2. The van der Waals surface area contributed by atoms with Gasteiger partial charge in [0.15, 0.2) is 5.78 Å². The number of carbonyl (C=O) groups is 2. The van der Waals surface area contributed by atoms with Crippen molar-refractivity contribution < 1.29 is 19.2 Å². The van der Waals surface area contributed by atoms with Crippen molar-refractivity contribution in [3.63, 3.8) is 0 Å². The molecular formula is C18H16N2O5. The SMILES string of the molecule is CC(=O)c1ccc2c(c1)N(C(=O)Cc1ccccc1[N+](=O)[O-])CCO2.